The minimum Gasteiger partial charge on any atom is -0.341 e. The van der Waals surface area contributed by atoms with Gasteiger partial charge in [0.05, 0.1) is 23.4 Å². The summed E-state index contributed by atoms with van der Waals surface area (Å²) < 4.78 is 4.23. The number of hydrogen-bond donors (Lipinski definition) is 1. The van der Waals surface area contributed by atoms with Gasteiger partial charge in [-0.25, -0.2) is 0 Å². The Balaban J connectivity index is 2.04. The molecule has 0 aliphatic carbocycles. The highest BCUT2D eigenvalue weighted by Crippen LogP contribution is 2.21. The third-order valence-corrected chi connectivity index (χ3v) is 3.81. The number of nitrogens with two attached hydrogens (primary N) is 1. The second kappa shape index (κ2) is 5.13. The number of aryl methyl sites for hydroxylation is 2. The minimum atomic E-state index is 0.562. The van der Waals surface area contributed by atoms with Gasteiger partial charge in [0.1, 0.15) is 0 Å². The maximum atomic E-state index is 5.86. The first-order valence-corrected chi connectivity index (χ1v) is 7.01. The quantitative estimate of drug-likeness (QED) is 0.790. The van der Waals surface area contributed by atoms with Crippen LogP contribution in [0.2, 0.25) is 0 Å². The fourth-order valence-electron chi connectivity index (χ4n) is 2.70. The molecular formula is C16H20N4. The third-order valence-electron chi connectivity index (χ3n) is 3.81. The number of rotatable bonds is 4. The first-order valence-electron chi connectivity index (χ1n) is 7.01. The van der Waals surface area contributed by atoms with Gasteiger partial charge in [-0.1, -0.05) is 25.1 Å². The smallest absolute Gasteiger partial charge is 0.0645 e. The zero-order valence-corrected chi connectivity index (χ0v) is 12.0. The molecule has 0 aliphatic heterocycles. The van der Waals surface area contributed by atoms with Gasteiger partial charge >= 0.3 is 0 Å². The van der Waals surface area contributed by atoms with Gasteiger partial charge in [0, 0.05) is 19.8 Å². The Morgan fingerprint density at radius 2 is 2.10 bits per heavy atom. The van der Waals surface area contributed by atoms with Crippen molar-refractivity contribution >= 4 is 10.9 Å². The zero-order valence-electron chi connectivity index (χ0n) is 12.0. The normalized spacial score (nSPS) is 11.3. The highest BCUT2D eigenvalue weighted by Gasteiger charge is 2.09. The average molecular weight is 268 g/mol. The van der Waals surface area contributed by atoms with Gasteiger partial charge in [0.25, 0.3) is 0 Å². The molecule has 2 heterocycles. The summed E-state index contributed by atoms with van der Waals surface area (Å²) in [6.07, 6.45) is 3.09. The van der Waals surface area contributed by atoms with Crippen molar-refractivity contribution in [3.05, 3.63) is 53.5 Å². The van der Waals surface area contributed by atoms with E-state index in [0.29, 0.717) is 6.54 Å². The molecule has 0 radical (unpaired) electrons. The lowest BCUT2D eigenvalue weighted by Gasteiger charge is -2.09. The summed E-state index contributed by atoms with van der Waals surface area (Å²) in [6, 6.07) is 10.6. The van der Waals surface area contributed by atoms with Crippen LogP contribution in [0.4, 0.5) is 0 Å². The molecule has 1 aromatic carbocycles. The van der Waals surface area contributed by atoms with Crippen molar-refractivity contribution in [2.45, 2.75) is 26.4 Å². The van der Waals surface area contributed by atoms with E-state index in [1.54, 1.807) is 0 Å². The van der Waals surface area contributed by atoms with Gasteiger partial charge in [-0.2, -0.15) is 5.10 Å². The van der Waals surface area contributed by atoms with Crippen LogP contribution in [0.25, 0.3) is 10.9 Å². The molecule has 0 atom stereocenters. The van der Waals surface area contributed by atoms with Crippen molar-refractivity contribution in [2.75, 3.05) is 0 Å². The van der Waals surface area contributed by atoms with Crippen molar-refractivity contribution in [1.29, 1.82) is 0 Å². The molecule has 20 heavy (non-hydrogen) atoms. The number of hydrogen-bond acceptors (Lipinski definition) is 2. The second-order valence-corrected chi connectivity index (χ2v) is 5.11. The fraction of sp³-hybridized carbons (Fsp3) is 0.312. The van der Waals surface area contributed by atoms with Gasteiger partial charge in [-0.05, 0) is 29.5 Å². The highest BCUT2D eigenvalue weighted by atomic mass is 15.3. The Morgan fingerprint density at radius 1 is 1.25 bits per heavy atom. The first kappa shape index (κ1) is 12.9. The maximum absolute atomic E-state index is 5.86. The molecule has 104 valence electrons. The number of nitrogens with zero attached hydrogens (tertiary/aromatic N) is 3. The SMILES string of the molecule is CCc1cc(Cn2ccc3cccc(CN)c32)n(C)n1. The fourth-order valence-corrected chi connectivity index (χ4v) is 2.70. The summed E-state index contributed by atoms with van der Waals surface area (Å²) in [5.41, 5.74) is 10.6. The maximum Gasteiger partial charge on any atom is 0.0645 e. The molecular weight excluding hydrogens is 248 g/mol. The molecule has 3 rings (SSSR count). The minimum absolute atomic E-state index is 0.562. The summed E-state index contributed by atoms with van der Waals surface area (Å²) in [5, 5.41) is 5.75. The van der Waals surface area contributed by atoms with Crippen LogP contribution < -0.4 is 5.73 Å². The average Bonchev–Trinajstić information content (AvgIpc) is 3.03. The number of aromatic nitrogens is 3. The molecule has 2 N–H and O–H groups in total. The molecule has 0 spiro atoms. The lowest BCUT2D eigenvalue weighted by atomic mass is 10.1. The van der Waals surface area contributed by atoms with Crippen LogP contribution in [0.15, 0.2) is 36.5 Å². The Hall–Kier alpha value is -2.07. The van der Waals surface area contributed by atoms with E-state index in [0.717, 1.165) is 18.7 Å². The lowest BCUT2D eigenvalue weighted by Crippen LogP contribution is -2.06. The van der Waals surface area contributed by atoms with Gasteiger partial charge in [-0.3, -0.25) is 4.68 Å². The standard InChI is InChI=1S/C16H20N4/c1-3-14-9-15(19(2)18-14)11-20-8-7-12-5-4-6-13(10-17)16(12)20/h4-9H,3,10-11,17H2,1-2H3. The molecule has 3 aromatic rings. The van der Waals surface area contributed by atoms with Crippen LogP contribution in [0.1, 0.15) is 23.9 Å². The van der Waals surface area contributed by atoms with Gasteiger partial charge < -0.3 is 10.3 Å². The van der Waals surface area contributed by atoms with Crippen LogP contribution in [-0.4, -0.2) is 14.3 Å². The summed E-state index contributed by atoms with van der Waals surface area (Å²) in [6.45, 7) is 3.51. The van der Waals surface area contributed by atoms with E-state index < -0.39 is 0 Å². The summed E-state index contributed by atoms with van der Waals surface area (Å²) in [7, 11) is 2.00. The van der Waals surface area contributed by atoms with Crippen LogP contribution in [0, 0.1) is 0 Å². The van der Waals surface area contributed by atoms with Crippen LogP contribution in [0.5, 0.6) is 0 Å². The molecule has 0 saturated carbocycles. The van der Waals surface area contributed by atoms with Crippen molar-refractivity contribution in [1.82, 2.24) is 14.3 Å². The number of fused-ring (bicyclic) bond motifs is 1. The van der Waals surface area contributed by atoms with Crippen molar-refractivity contribution < 1.29 is 0 Å². The summed E-state index contributed by atoms with van der Waals surface area (Å²) >= 11 is 0. The van der Waals surface area contributed by atoms with E-state index >= 15 is 0 Å². The lowest BCUT2D eigenvalue weighted by molar-refractivity contribution is 0.669. The van der Waals surface area contributed by atoms with E-state index in [4.69, 9.17) is 5.73 Å². The molecule has 0 saturated heterocycles. The first-order chi connectivity index (χ1) is 9.72. The zero-order chi connectivity index (χ0) is 14.1. The second-order valence-electron chi connectivity index (χ2n) is 5.11. The number of benzene rings is 1. The van der Waals surface area contributed by atoms with Gasteiger partial charge in [0.2, 0.25) is 0 Å². The molecule has 0 bridgehead atoms. The van der Waals surface area contributed by atoms with E-state index in [9.17, 15) is 0 Å². The largest absolute Gasteiger partial charge is 0.341 e. The molecule has 0 amide bonds. The van der Waals surface area contributed by atoms with Crippen LogP contribution in [-0.2, 0) is 26.6 Å². The monoisotopic (exact) mass is 268 g/mol. The Kier molecular flexibility index (Phi) is 3.32. The van der Waals surface area contributed by atoms with E-state index in [-0.39, 0.29) is 0 Å². The molecule has 2 aromatic heterocycles. The predicted octanol–water partition coefficient (Wildman–Crippen LogP) is 2.44. The Morgan fingerprint density at radius 3 is 2.80 bits per heavy atom. The van der Waals surface area contributed by atoms with Crippen molar-refractivity contribution in [2.24, 2.45) is 12.8 Å². The topological polar surface area (TPSA) is 48.8 Å². The Bertz CT molecular complexity index is 736. The van der Waals surface area contributed by atoms with Gasteiger partial charge in [0.15, 0.2) is 0 Å². The van der Waals surface area contributed by atoms with E-state index in [2.05, 4.69) is 53.1 Å². The summed E-state index contributed by atoms with van der Waals surface area (Å²) in [5.74, 6) is 0. The van der Waals surface area contributed by atoms with Crippen LogP contribution in [0.3, 0.4) is 0 Å². The van der Waals surface area contributed by atoms with Gasteiger partial charge in [-0.15, -0.1) is 0 Å². The molecule has 0 fully saturated rings. The number of para-hydroxylation sites is 1. The highest BCUT2D eigenvalue weighted by molar-refractivity contribution is 5.83. The predicted molar refractivity (Wildman–Crippen MR) is 81.5 cm³/mol. The van der Waals surface area contributed by atoms with E-state index in [1.165, 1.54) is 22.2 Å². The molecule has 0 aliphatic rings. The Labute approximate surface area is 118 Å². The van der Waals surface area contributed by atoms with E-state index in [1.807, 2.05) is 11.7 Å². The molecule has 4 nitrogen and oxygen atoms in total. The molecule has 4 heteroatoms. The third kappa shape index (κ3) is 2.12. The van der Waals surface area contributed by atoms with Crippen LogP contribution >= 0.6 is 0 Å². The summed E-state index contributed by atoms with van der Waals surface area (Å²) in [4.78, 5) is 0. The van der Waals surface area contributed by atoms with Crippen molar-refractivity contribution in [3.8, 4) is 0 Å². The van der Waals surface area contributed by atoms with Crippen molar-refractivity contribution in [3.63, 3.8) is 0 Å². The molecule has 0 unspecified atom stereocenters.